The minimum absolute atomic E-state index is 0.153. The summed E-state index contributed by atoms with van der Waals surface area (Å²) in [4.78, 5) is 22.8. The summed E-state index contributed by atoms with van der Waals surface area (Å²) in [5, 5.41) is 18.6. The van der Waals surface area contributed by atoms with Crippen molar-refractivity contribution in [1.82, 2.24) is 0 Å². The topological polar surface area (TPSA) is 130 Å². The number of ether oxygens (including phenoxy) is 6. The summed E-state index contributed by atoms with van der Waals surface area (Å²) in [6.45, 7) is 0.637. The van der Waals surface area contributed by atoms with Crippen molar-refractivity contribution >= 4 is 11.9 Å². The Hall–Kier alpha value is -2.40. The first-order chi connectivity index (χ1) is 12.5. The van der Waals surface area contributed by atoms with Gasteiger partial charge in [-0.1, -0.05) is 0 Å². The van der Waals surface area contributed by atoms with E-state index in [0.717, 1.165) is 12.1 Å². The highest BCUT2D eigenvalue weighted by atomic mass is 16.7. The van der Waals surface area contributed by atoms with Crippen LogP contribution in [0.25, 0.3) is 0 Å². The first-order valence-electron chi connectivity index (χ1n) is 7.54. The molecule has 0 saturated heterocycles. The molecule has 1 rings (SSSR count). The van der Waals surface area contributed by atoms with Gasteiger partial charge in [0.1, 0.15) is 22.6 Å². The van der Waals surface area contributed by atoms with Crippen LogP contribution in [0.2, 0.25) is 0 Å². The van der Waals surface area contributed by atoms with Gasteiger partial charge < -0.3 is 38.6 Å². The second-order valence-electron chi connectivity index (χ2n) is 4.78. The van der Waals surface area contributed by atoms with Crippen molar-refractivity contribution in [2.45, 2.75) is 0 Å². The summed E-state index contributed by atoms with van der Waals surface area (Å²) in [5.74, 6) is -2.92. The van der Waals surface area contributed by atoms with Crippen molar-refractivity contribution < 1.29 is 48.2 Å². The molecule has 0 heterocycles. The fourth-order valence-corrected chi connectivity index (χ4v) is 1.75. The average molecular weight is 374 g/mol. The standard InChI is InChI=1S/C16H22O10/c1-21-3-5-23-9-25-13-7-12(16(19)20)14(8-11(13)15(17)18)26-10-24-6-4-22-2/h7-8H,3-6,9-10H2,1-2H3,(H,17,18)(H,19,20). The number of carbonyl (C=O) groups is 2. The normalized spacial score (nSPS) is 10.5. The molecule has 1 aromatic rings. The Morgan fingerprint density at radius 1 is 0.769 bits per heavy atom. The van der Waals surface area contributed by atoms with E-state index in [1.54, 1.807) is 0 Å². The molecule has 10 nitrogen and oxygen atoms in total. The lowest BCUT2D eigenvalue weighted by Gasteiger charge is -2.14. The number of hydrogen-bond donors (Lipinski definition) is 2. The van der Waals surface area contributed by atoms with Gasteiger partial charge >= 0.3 is 11.9 Å². The summed E-state index contributed by atoms with van der Waals surface area (Å²) in [6.07, 6.45) is 0. The molecule has 0 atom stereocenters. The smallest absolute Gasteiger partial charge is 0.339 e. The molecule has 2 N–H and O–H groups in total. The van der Waals surface area contributed by atoms with Gasteiger partial charge in [-0.25, -0.2) is 9.59 Å². The Balaban J connectivity index is 2.88. The van der Waals surface area contributed by atoms with Crippen LogP contribution >= 0.6 is 0 Å². The Morgan fingerprint density at radius 2 is 1.15 bits per heavy atom. The molecule has 0 aliphatic heterocycles. The molecule has 0 fully saturated rings. The maximum absolute atomic E-state index is 11.4. The molecule has 0 aromatic heterocycles. The van der Waals surface area contributed by atoms with E-state index in [-0.39, 0.29) is 49.4 Å². The number of aromatic carboxylic acids is 2. The van der Waals surface area contributed by atoms with Crippen LogP contribution in [0.15, 0.2) is 12.1 Å². The summed E-state index contributed by atoms with van der Waals surface area (Å²) >= 11 is 0. The lowest BCUT2D eigenvalue weighted by Crippen LogP contribution is -2.13. The maximum Gasteiger partial charge on any atom is 0.339 e. The zero-order valence-electron chi connectivity index (χ0n) is 14.6. The first-order valence-corrected chi connectivity index (χ1v) is 7.54. The van der Waals surface area contributed by atoms with Gasteiger partial charge in [0.05, 0.1) is 26.4 Å². The summed E-state index contributed by atoms with van der Waals surface area (Å²) < 4.78 is 30.2. The van der Waals surface area contributed by atoms with Gasteiger partial charge in [-0.3, -0.25) is 0 Å². The van der Waals surface area contributed by atoms with Crippen molar-refractivity contribution in [3.8, 4) is 11.5 Å². The first kappa shape index (κ1) is 21.6. The van der Waals surface area contributed by atoms with E-state index < -0.39 is 11.9 Å². The molecule has 0 unspecified atom stereocenters. The number of benzene rings is 1. The lowest BCUT2D eigenvalue weighted by molar-refractivity contribution is -0.0110. The van der Waals surface area contributed by atoms with E-state index in [1.165, 1.54) is 14.2 Å². The molecule has 0 aliphatic carbocycles. The Kier molecular flexibility index (Phi) is 10.0. The van der Waals surface area contributed by atoms with Gasteiger partial charge in [0.25, 0.3) is 0 Å². The predicted octanol–water partition coefficient (Wildman–Crippen LogP) is 1.08. The van der Waals surface area contributed by atoms with Gasteiger partial charge in [0.2, 0.25) is 0 Å². The van der Waals surface area contributed by atoms with Gasteiger partial charge in [0.15, 0.2) is 13.6 Å². The molecular formula is C16H22O10. The van der Waals surface area contributed by atoms with Crippen molar-refractivity contribution in [2.75, 3.05) is 54.2 Å². The van der Waals surface area contributed by atoms with Crippen LogP contribution in [0.4, 0.5) is 0 Å². The van der Waals surface area contributed by atoms with Crippen LogP contribution in [-0.4, -0.2) is 76.4 Å². The highest BCUT2D eigenvalue weighted by Crippen LogP contribution is 2.29. The number of carboxylic acid groups (broad SMARTS) is 2. The zero-order chi connectivity index (χ0) is 19.4. The fraction of sp³-hybridized carbons (Fsp3) is 0.500. The van der Waals surface area contributed by atoms with Crippen LogP contribution in [0.1, 0.15) is 20.7 Å². The van der Waals surface area contributed by atoms with E-state index in [9.17, 15) is 19.8 Å². The highest BCUT2D eigenvalue weighted by molar-refractivity contribution is 5.97. The third-order valence-corrected chi connectivity index (χ3v) is 3.00. The summed E-state index contributed by atoms with van der Waals surface area (Å²) in [5.41, 5.74) is -0.533. The third kappa shape index (κ3) is 7.23. The second-order valence-corrected chi connectivity index (χ2v) is 4.78. The summed E-state index contributed by atoms with van der Waals surface area (Å²) in [7, 11) is 3.01. The predicted molar refractivity (Wildman–Crippen MR) is 87.0 cm³/mol. The molecule has 0 radical (unpaired) electrons. The van der Waals surface area contributed by atoms with E-state index in [4.69, 9.17) is 28.4 Å². The van der Waals surface area contributed by atoms with Crippen LogP contribution in [0, 0.1) is 0 Å². The lowest BCUT2D eigenvalue weighted by atomic mass is 10.1. The molecule has 146 valence electrons. The molecule has 26 heavy (non-hydrogen) atoms. The second kappa shape index (κ2) is 12.0. The van der Waals surface area contributed by atoms with Crippen LogP contribution in [0.3, 0.4) is 0 Å². The van der Waals surface area contributed by atoms with Gasteiger partial charge in [-0.05, 0) is 12.1 Å². The minimum Gasteiger partial charge on any atom is -0.478 e. The van der Waals surface area contributed by atoms with Gasteiger partial charge in [0, 0.05) is 14.2 Å². The third-order valence-electron chi connectivity index (χ3n) is 3.00. The molecule has 0 spiro atoms. The maximum atomic E-state index is 11.4. The Labute approximate surface area is 150 Å². The Morgan fingerprint density at radius 3 is 1.46 bits per heavy atom. The number of carboxylic acids is 2. The monoisotopic (exact) mass is 374 g/mol. The van der Waals surface area contributed by atoms with Gasteiger partial charge in [-0.2, -0.15) is 0 Å². The van der Waals surface area contributed by atoms with Crippen LogP contribution in [0.5, 0.6) is 11.5 Å². The van der Waals surface area contributed by atoms with E-state index in [2.05, 4.69) is 0 Å². The molecule has 1 aromatic carbocycles. The zero-order valence-corrected chi connectivity index (χ0v) is 14.6. The Bertz CT molecular complexity index is 535. The number of methoxy groups -OCH3 is 2. The SMILES string of the molecule is COCCOCOc1cc(C(=O)O)c(OCOCCOC)cc1C(=O)O. The number of rotatable bonds is 14. The average Bonchev–Trinajstić information content (AvgIpc) is 2.61. The van der Waals surface area contributed by atoms with Gasteiger partial charge in [-0.15, -0.1) is 0 Å². The molecule has 10 heteroatoms. The van der Waals surface area contributed by atoms with E-state index in [1.807, 2.05) is 0 Å². The molecule has 0 saturated carbocycles. The van der Waals surface area contributed by atoms with E-state index >= 15 is 0 Å². The molecule has 0 bridgehead atoms. The minimum atomic E-state index is -1.31. The van der Waals surface area contributed by atoms with Crippen molar-refractivity contribution in [1.29, 1.82) is 0 Å². The highest BCUT2D eigenvalue weighted by Gasteiger charge is 2.21. The van der Waals surface area contributed by atoms with Crippen molar-refractivity contribution in [3.63, 3.8) is 0 Å². The van der Waals surface area contributed by atoms with Crippen molar-refractivity contribution in [3.05, 3.63) is 23.3 Å². The van der Waals surface area contributed by atoms with E-state index in [0.29, 0.717) is 13.2 Å². The quantitative estimate of drug-likeness (QED) is 0.360. The fourth-order valence-electron chi connectivity index (χ4n) is 1.75. The van der Waals surface area contributed by atoms with Crippen molar-refractivity contribution in [2.24, 2.45) is 0 Å². The van der Waals surface area contributed by atoms with Crippen LogP contribution < -0.4 is 9.47 Å². The van der Waals surface area contributed by atoms with Crippen LogP contribution in [-0.2, 0) is 18.9 Å². The molecule has 0 amide bonds. The molecular weight excluding hydrogens is 352 g/mol. The molecule has 0 aliphatic rings. The summed E-state index contributed by atoms with van der Waals surface area (Å²) in [6, 6.07) is 2.13. The number of hydrogen-bond acceptors (Lipinski definition) is 8. The largest absolute Gasteiger partial charge is 0.478 e.